The summed E-state index contributed by atoms with van der Waals surface area (Å²) in [5.41, 5.74) is 3.05. The molecular formula is C26H33N3O2S2. The number of hydrogen-bond donors (Lipinski definition) is 1. The van der Waals surface area contributed by atoms with Crippen LogP contribution in [0.5, 0.6) is 0 Å². The summed E-state index contributed by atoms with van der Waals surface area (Å²) in [5, 5.41) is 7.27. The van der Waals surface area contributed by atoms with Gasteiger partial charge in [-0.15, -0.1) is 22.7 Å². The highest BCUT2D eigenvalue weighted by Crippen LogP contribution is 2.21. The molecule has 4 heterocycles. The van der Waals surface area contributed by atoms with Crippen molar-refractivity contribution in [1.82, 2.24) is 14.8 Å². The lowest BCUT2D eigenvalue weighted by molar-refractivity contribution is -0.126. The molecule has 0 atom stereocenters. The molecule has 0 saturated carbocycles. The number of carbonyl (C=O) groups is 2. The maximum absolute atomic E-state index is 13.1. The molecule has 0 spiro atoms. The van der Waals surface area contributed by atoms with Crippen LogP contribution in [0, 0.1) is 19.8 Å². The van der Waals surface area contributed by atoms with Gasteiger partial charge in [-0.05, 0) is 81.6 Å². The zero-order chi connectivity index (χ0) is 23.2. The van der Waals surface area contributed by atoms with Gasteiger partial charge in [0.05, 0.1) is 6.54 Å². The van der Waals surface area contributed by atoms with Gasteiger partial charge in [0.15, 0.2) is 5.78 Å². The van der Waals surface area contributed by atoms with Gasteiger partial charge in [0.1, 0.15) is 0 Å². The standard InChI is InChI=1S/C26H33N3O2S2/c1-19-17-24(20(2)29(19)14-10-23-6-4-16-33-23)25(30)18-28-12-8-21(9-13-28)26(31)27-11-7-22-5-3-15-32-22/h3-6,15-17,21H,7-14,18H2,1-2H3,(H,27,31). The minimum Gasteiger partial charge on any atom is -0.355 e. The number of Topliss-reactive ketones (excluding diaryl/α,β-unsaturated/α-hetero) is 1. The fourth-order valence-corrected chi connectivity index (χ4v) is 6.06. The van der Waals surface area contributed by atoms with E-state index in [4.69, 9.17) is 0 Å². The molecule has 1 aliphatic rings. The zero-order valence-electron chi connectivity index (χ0n) is 19.5. The van der Waals surface area contributed by atoms with E-state index < -0.39 is 0 Å². The first-order valence-corrected chi connectivity index (χ1v) is 13.5. The maximum atomic E-state index is 13.1. The average Bonchev–Trinajstić information content (AvgIpc) is 3.56. The Morgan fingerprint density at radius 3 is 2.33 bits per heavy atom. The summed E-state index contributed by atoms with van der Waals surface area (Å²) >= 11 is 3.51. The van der Waals surface area contributed by atoms with Crippen molar-refractivity contribution in [3.63, 3.8) is 0 Å². The van der Waals surface area contributed by atoms with E-state index in [0.717, 1.165) is 62.3 Å². The Labute approximate surface area is 204 Å². The SMILES string of the molecule is Cc1cc(C(=O)CN2CCC(C(=O)NCCc3cccs3)CC2)c(C)n1CCc1cccs1. The molecular weight excluding hydrogens is 450 g/mol. The minimum atomic E-state index is 0.0574. The molecule has 0 bridgehead atoms. The van der Waals surface area contributed by atoms with E-state index in [0.29, 0.717) is 13.1 Å². The molecule has 1 amide bonds. The third-order valence-corrected chi connectivity index (χ3v) is 8.48. The van der Waals surface area contributed by atoms with E-state index in [1.54, 1.807) is 22.7 Å². The van der Waals surface area contributed by atoms with Gasteiger partial charge in [-0.3, -0.25) is 14.5 Å². The summed E-state index contributed by atoms with van der Waals surface area (Å²) in [6.07, 6.45) is 3.52. The first-order valence-electron chi connectivity index (χ1n) is 11.8. The van der Waals surface area contributed by atoms with E-state index in [1.165, 1.54) is 9.75 Å². The lowest BCUT2D eigenvalue weighted by Gasteiger charge is -2.30. The van der Waals surface area contributed by atoms with E-state index in [-0.39, 0.29) is 17.6 Å². The molecule has 3 aromatic heterocycles. The lowest BCUT2D eigenvalue weighted by atomic mass is 9.95. The first-order chi connectivity index (χ1) is 16.0. The Hall–Kier alpha value is -2.22. The summed E-state index contributed by atoms with van der Waals surface area (Å²) in [6, 6.07) is 10.4. The molecule has 1 saturated heterocycles. The Bertz CT molecular complexity index is 1050. The van der Waals surface area contributed by atoms with E-state index in [1.807, 2.05) is 12.1 Å². The Morgan fingerprint density at radius 2 is 1.70 bits per heavy atom. The quantitative estimate of drug-likeness (QED) is 0.425. The number of aryl methyl sites for hydroxylation is 2. The van der Waals surface area contributed by atoms with Gasteiger partial charge in [0.25, 0.3) is 0 Å². The smallest absolute Gasteiger partial charge is 0.223 e. The fraction of sp³-hybridized carbons (Fsp3) is 0.462. The molecule has 0 radical (unpaired) electrons. The predicted molar refractivity (Wildman–Crippen MR) is 136 cm³/mol. The van der Waals surface area contributed by atoms with Crippen LogP contribution in [-0.4, -0.2) is 47.3 Å². The van der Waals surface area contributed by atoms with Gasteiger partial charge in [0.2, 0.25) is 5.91 Å². The molecule has 176 valence electrons. The zero-order valence-corrected chi connectivity index (χ0v) is 21.1. The van der Waals surface area contributed by atoms with Crippen molar-refractivity contribution >= 4 is 34.4 Å². The largest absolute Gasteiger partial charge is 0.355 e. The Kier molecular flexibility index (Phi) is 8.17. The minimum absolute atomic E-state index is 0.0574. The van der Waals surface area contributed by atoms with Gasteiger partial charge in [-0.2, -0.15) is 0 Å². The van der Waals surface area contributed by atoms with Crippen molar-refractivity contribution in [2.75, 3.05) is 26.2 Å². The summed E-state index contributed by atoms with van der Waals surface area (Å²) in [5.74, 6) is 0.401. The highest BCUT2D eigenvalue weighted by atomic mass is 32.1. The van der Waals surface area contributed by atoms with E-state index in [9.17, 15) is 9.59 Å². The fourth-order valence-electron chi connectivity index (χ4n) is 4.65. The molecule has 7 heteroatoms. The Morgan fingerprint density at radius 1 is 1.03 bits per heavy atom. The van der Waals surface area contributed by atoms with Crippen LogP contribution in [0.15, 0.2) is 41.1 Å². The predicted octanol–water partition coefficient (Wildman–Crippen LogP) is 4.72. The molecule has 1 fully saturated rings. The monoisotopic (exact) mass is 483 g/mol. The van der Waals surface area contributed by atoms with Crippen molar-refractivity contribution in [1.29, 1.82) is 0 Å². The van der Waals surface area contributed by atoms with Gasteiger partial charge in [-0.1, -0.05) is 12.1 Å². The maximum Gasteiger partial charge on any atom is 0.223 e. The van der Waals surface area contributed by atoms with Crippen LogP contribution in [0.1, 0.15) is 44.3 Å². The normalized spacial score (nSPS) is 15.1. The van der Waals surface area contributed by atoms with Crippen molar-refractivity contribution in [2.24, 2.45) is 5.92 Å². The summed E-state index contributed by atoms with van der Waals surface area (Å²) in [4.78, 5) is 30.5. The third kappa shape index (κ3) is 6.22. The molecule has 5 nitrogen and oxygen atoms in total. The van der Waals surface area contributed by atoms with Crippen LogP contribution < -0.4 is 5.32 Å². The van der Waals surface area contributed by atoms with Crippen LogP contribution in [0.2, 0.25) is 0 Å². The van der Waals surface area contributed by atoms with Gasteiger partial charge < -0.3 is 9.88 Å². The van der Waals surface area contributed by atoms with Gasteiger partial charge >= 0.3 is 0 Å². The Balaban J connectivity index is 1.23. The second-order valence-corrected chi connectivity index (χ2v) is 10.9. The number of carbonyl (C=O) groups excluding carboxylic acids is 2. The van der Waals surface area contributed by atoms with Crippen molar-refractivity contribution in [2.45, 2.75) is 46.1 Å². The number of aromatic nitrogens is 1. The van der Waals surface area contributed by atoms with Crippen LogP contribution in [-0.2, 0) is 24.2 Å². The van der Waals surface area contributed by atoms with Gasteiger partial charge in [-0.25, -0.2) is 0 Å². The number of thiophene rings is 2. The molecule has 33 heavy (non-hydrogen) atoms. The number of nitrogens with zero attached hydrogens (tertiary/aromatic N) is 2. The number of likely N-dealkylation sites (tertiary alicyclic amines) is 1. The number of nitrogens with one attached hydrogen (secondary N) is 1. The first kappa shape index (κ1) is 23.9. The van der Waals surface area contributed by atoms with Crippen LogP contribution in [0.25, 0.3) is 0 Å². The second-order valence-electron chi connectivity index (χ2n) is 8.86. The number of rotatable bonds is 10. The number of piperidine rings is 1. The highest BCUT2D eigenvalue weighted by molar-refractivity contribution is 7.10. The van der Waals surface area contributed by atoms with Gasteiger partial charge in [0, 0.05) is 45.7 Å². The highest BCUT2D eigenvalue weighted by Gasteiger charge is 2.26. The number of ketones is 1. The van der Waals surface area contributed by atoms with Crippen LogP contribution >= 0.6 is 22.7 Å². The van der Waals surface area contributed by atoms with Crippen molar-refractivity contribution in [3.05, 3.63) is 67.8 Å². The summed E-state index contributed by atoms with van der Waals surface area (Å²) in [6.45, 7) is 7.76. The van der Waals surface area contributed by atoms with Crippen molar-refractivity contribution in [3.8, 4) is 0 Å². The van der Waals surface area contributed by atoms with Crippen molar-refractivity contribution < 1.29 is 9.59 Å². The lowest BCUT2D eigenvalue weighted by Crippen LogP contribution is -2.42. The van der Waals surface area contributed by atoms with E-state index >= 15 is 0 Å². The third-order valence-electron chi connectivity index (χ3n) is 6.61. The number of amides is 1. The van der Waals surface area contributed by atoms with E-state index in [2.05, 4.69) is 57.6 Å². The molecule has 1 aliphatic heterocycles. The molecule has 0 aromatic carbocycles. The summed E-state index contributed by atoms with van der Waals surface area (Å²) < 4.78 is 2.26. The van der Waals surface area contributed by atoms with Crippen LogP contribution in [0.4, 0.5) is 0 Å². The average molecular weight is 484 g/mol. The molecule has 0 aliphatic carbocycles. The summed E-state index contributed by atoms with van der Waals surface area (Å²) in [7, 11) is 0. The second kappa shape index (κ2) is 11.3. The molecule has 0 unspecified atom stereocenters. The number of hydrogen-bond acceptors (Lipinski definition) is 5. The molecule has 3 aromatic rings. The molecule has 1 N–H and O–H groups in total. The molecule has 4 rings (SSSR count). The van der Waals surface area contributed by atoms with Crippen LogP contribution in [0.3, 0.4) is 0 Å². The topological polar surface area (TPSA) is 54.3 Å².